The Morgan fingerprint density at radius 2 is 2.30 bits per heavy atom. The van der Waals surface area contributed by atoms with Crippen molar-refractivity contribution in [3.63, 3.8) is 0 Å². The van der Waals surface area contributed by atoms with Gasteiger partial charge in [-0.15, -0.1) is 0 Å². The molecule has 2 aromatic rings. The van der Waals surface area contributed by atoms with Crippen LogP contribution in [0.15, 0.2) is 30.6 Å². The zero-order valence-corrected chi connectivity index (χ0v) is 11.0. The summed E-state index contributed by atoms with van der Waals surface area (Å²) in [6.07, 6.45) is 4.27. The number of hydrogen-bond acceptors (Lipinski definition) is 3. The van der Waals surface area contributed by atoms with Crippen molar-refractivity contribution in [2.24, 2.45) is 0 Å². The molecule has 1 aromatic heterocycles. The Balaban J connectivity index is 2.08. The highest BCUT2D eigenvalue weighted by atomic mass is 19.1. The lowest BCUT2D eigenvalue weighted by Crippen LogP contribution is -2.06. The Kier molecular flexibility index (Phi) is 4.34. The Bertz CT molecular complexity index is 610. The van der Waals surface area contributed by atoms with Gasteiger partial charge in [-0.1, -0.05) is 13.0 Å². The molecular weight excluding hydrogens is 263 g/mol. The third kappa shape index (κ3) is 3.34. The fourth-order valence-electron chi connectivity index (χ4n) is 1.81. The second kappa shape index (κ2) is 6.18. The maximum absolute atomic E-state index is 13.0. The largest absolute Gasteiger partial charge is 0.486 e. The molecule has 1 aromatic carbocycles. The quantitative estimate of drug-likeness (QED) is 0.882. The summed E-state index contributed by atoms with van der Waals surface area (Å²) in [5.41, 5.74) is 0.327. The van der Waals surface area contributed by atoms with Crippen LogP contribution in [0.4, 0.5) is 4.39 Å². The molecule has 0 spiro atoms. The van der Waals surface area contributed by atoms with Crippen molar-refractivity contribution in [3.8, 4) is 5.75 Å². The summed E-state index contributed by atoms with van der Waals surface area (Å²) in [7, 11) is 0. The molecular formula is C14H15FN2O3. The highest BCUT2D eigenvalue weighted by Crippen LogP contribution is 2.16. The summed E-state index contributed by atoms with van der Waals surface area (Å²) in [6, 6.07) is 3.61. The van der Waals surface area contributed by atoms with Gasteiger partial charge in [-0.05, 0) is 18.6 Å². The highest BCUT2D eigenvalue weighted by Gasteiger charge is 2.12. The summed E-state index contributed by atoms with van der Waals surface area (Å²) in [4.78, 5) is 11.0. The lowest BCUT2D eigenvalue weighted by Gasteiger charge is -2.07. The van der Waals surface area contributed by atoms with E-state index in [0.29, 0.717) is 11.3 Å². The molecule has 1 heterocycles. The standard InChI is InChI=1S/C14H15FN2O3/c1-2-5-17-8-12(7-16-17)20-9-10-3-4-11(15)6-13(10)14(18)19/h3-4,6-8H,2,5,9H2,1H3,(H,18,19). The molecule has 0 saturated carbocycles. The molecule has 0 atom stereocenters. The minimum absolute atomic E-state index is 0.0553. The number of hydrogen-bond donors (Lipinski definition) is 1. The van der Waals surface area contributed by atoms with Gasteiger partial charge in [0.15, 0.2) is 5.75 Å². The van der Waals surface area contributed by atoms with E-state index in [9.17, 15) is 9.18 Å². The zero-order valence-electron chi connectivity index (χ0n) is 11.0. The van der Waals surface area contributed by atoms with Gasteiger partial charge >= 0.3 is 5.97 Å². The minimum atomic E-state index is -1.18. The number of halogens is 1. The SMILES string of the molecule is CCCn1cc(OCc2ccc(F)cc2C(=O)O)cn1. The maximum atomic E-state index is 13.0. The van der Waals surface area contributed by atoms with Crippen LogP contribution in [0, 0.1) is 5.82 Å². The topological polar surface area (TPSA) is 64.3 Å². The molecule has 2 rings (SSSR count). The van der Waals surface area contributed by atoms with Gasteiger partial charge in [-0.2, -0.15) is 5.10 Å². The van der Waals surface area contributed by atoms with Crippen molar-refractivity contribution in [1.29, 1.82) is 0 Å². The molecule has 0 aliphatic rings. The second-order valence-electron chi connectivity index (χ2n) is 4.33. The molecule has 0 aliphatic carbocycles. The van der Waals surface area contributed by atoms with Gasteiger partial charge < -0.3 is 9.84 Å². The average Bonchev–Trinajstić information content (AvgIpc) is 2.85. The summed E-state index contributed by atoms with van der Waals surface area (Å²) in [5, 5.41) is 13.1. The summed E-state index contributed by atoms with van der Waals surface area (Å²) in [6.45, 7) is 2.89. The van der Waals surface area contributed by atoms with Crippen LogP contribution in [0.3, 0.4) is 0 Å². The van der Waals surface area contributed by atoms with Gasteiger partial charge in [-0.3, -0.25) is 4.68 Å². The predicted molar refractivity (Wildman–Crippen MR) is 70.2 cm³/mol. The van der Waals surface area contributed by atoms with E-state index in [2.05, 4.69) is 5.10 Å². The van der Waals surface area contributed by atoms with Gasteiger partial charge in [0.25, 0.3) is 0 Å². The zero-order chi connectivity index (χ0) is 14.5. The Labute approximate surface area is 115 Å². The molecule has 0 fully saturated rings. The first-order valence-electron chi connectivity index (χ1n) is 6.27. The van der Waals surface area contributed by atoms with E-state index < -0.39 is 11.8 Å². The third-order valence-electron chi connectivity index (χ3n) is 2.76. The summed E-state index contributed by atoms with van der Waals surface area (Å²) >= 11 is 0. The fraction of sp³-hybridized carbons (Fsp3) is 0.286. The van der Waals surface area contributed by atoms with E-state index in [1.54, 1.807) is 17.1 Å². The minimum Gasteiger partial charge on any atom is -0.486 e. The third-order valence-corrected chi connectivity index (χ3v) is 2.76. The molecule has 5 nitrogen and oxygen atoms in total. The first-order valence-corrected chi connectivity index (χ1v) is 6.27. The molecule has 0 amide bonds. The van der Waals surface area contributed by atoms with Crippen LogP contribution in [0.1, 0.15) is 29.3 Å². The number of ether oxygens (including phenoxy) is 1. The fourth-order valence-corrected chi connectivity index (χ4v) is 1.81. The first kappa shape index (κ1) is 14.0. The van der Waals surface area contributed by atoms with Crippen molar-refractivity contribution in [2.75, 3.05) is 0 Å². The number of nitrogens with zero attached hydrogens (tertiary/aromatic N) is 2. The number of benzene rings is 1. The number of carboxylic acids is 1. The Hall–Kier alpha value is -2.37. The molecule has 106 valence electrons. The number of aromatic nitrogens is 2. The van der Waals surface area contributed by atoms with E-state index >= 15 is 0 Å². The molecule has 0 radical (unpaired) electrons. The number of aromatic carboxylic acids is 1. The van der Waals surface area contributed by atoms with Gasteiger partial charge in [0.05, 0.1) is 18.0 Å². The molecule has 0 saturated heterocycles. The van der Waals surface area contributed by atoms with Crippen LogP contribution in [0.25, 0.3) is 0 Å². The van der Waals surface area contributed by atoms with E-state index in [1.165, 1.54) is 12.1 Å². The van der Waals surface area contributed by atoms with E-state index in [4.69, 9.17) is 9.84 Å². The molecule has 1 N–H and O–H groups in total. The lowest BCUT2D eigenvalue weighted by molar-refractivity contribution is 0.0693. The Morgan fingerprint density at radius 3 is 3.00 bits per heavy atom. The van der Waals surface area contributed by atoms with E-state index in [1.807, 2.05) is 6.92 Å². The maximum Gasteiger partial charge on any atom is 0.336 e. The molecule has 0 aliphatic heterocycles. The first-order chi connectivity index (χ1) is 9.60. The van der Waals surface area contributed by atoms with Crippen molar-refractivity contribution in [3.05, 3.63) is 47.5 Å². The van der Waals surface area contributed by atoms with Crippen molar-refractivity contribution in [2.45, 2.75) is 26.5 Å². The number of carbonyl (C=O) groups is 1. The van der Waals surface area contributed by atoms with E-state index in [0.717, 1.165) is 19.0 Å². The Morgan fingerprint density at radius 1 is 1.50 bits per heavy atom. The molecule has 0 bridgehead atoms. The van der Waals surface area contributed by atoms with Gasteiger partial charge in [0.1, 0.15) is 12.4 Å². The predicted octanol–water partition coefficient (Wildman–Crippen LogP) is 2.71. The van der Waals surface area contributed by atoms with Crippen LogP contribution in [0.2, 0.25) is 0 Å². The van der Waals surface area contributed by atoms with Crippen molar-refractivity contribution in [1.82, 2.24) is 9.78 Å². The normalized spacial score (nSPS) is 10.5. The van der Waals surface area contributed by atoms with Crippen LogP contribution in [0.5, 0.6) is 5.75 Å². The van der Waals surface area contributed by atoms with E-state index in [-0.39, 0.29) is 12.2 Å². The highest BCUT2D eigenvalue weighted by molar-refractivity contribution is 5.89. The molecule has 0 unspecified atom stereocenters. The molecule has 20 heavy (non-hydrogen) atoms. The van der Waals surface area contributed by atoms with Gasteiger partial charge in [-0.25, -0.2) is 9.18 Å². The van der Waals surface area contributed by atoms with Gasteiger partial charge in [0, 0.05) is 12.1 Å². The van der Waals surface area contributed by atoms with Crippen molar-refractivity contribution < 1.29 is 19.0 Å². The monoisotopic (exact) mass is 278 g/mol. The smallest absolute Gasteiger partial charge is 0.336 e. The van der Waals surface area contributed by atoms with Crippen LogP contribution >= 0.6 is 0 Å². The van der Waals surface area contributed by atoms with Crippen LogP contribution in [-0.2, 0) is 13.2 Å². The van der Waals surface area contributed by atoms with Crippen LogP contribution in [-0.4, -0.2) is 20.9 Å². The number of rotatable bonds is 6. The average molecular weight is 278 g/mol. The summed E-state index contributed by atoms with van der Waals surface area (Å²) < 4.78 is 20.3. The number of aryl methyl sites for hydroxylation is 1. The lowest BCUT2D eigenvalue weighted by atomic mass is 10.1. The molecule has 6 heteroatoms. The van der Waals surface area contributed by atoms with Crippen LogP contribution < -0.4 is 4.74 Å². The summed E-state index contributed by atoms with van der Waals surface area (Å²) in [5.74, 6) is -1.20. The van der Waals surface area contributed by atoms with Gasteiger partial charge in [0.2, 0.25) is 0 Å². The second-order valence-corrected chi connectivity index (χ2v) is 4.33. The van der Waals surface area contributed by atoms with Crippen molar-refractivity contribution >= 4 is 5.97 Å². The number of carboxylic acid groups (broad SMARTS) is 1.